The molecule has 0 bridgehead atoms. The van der Waals surface area contributed by atoms with Gasteiger partial charge in [0, 0.05) is 12.3 Å². The van der Waals surface area contributed by atoms with E-state index < -0.39 is 39.9 Å². The molecule has 0 N–H and O–H groups in total. The molecule has 1 atom stereocenters. The van der Waals surface area contributed by atoms with Crippen molar-refractivity contribution in [2.75, 3.05) is 6.61 Å². The molecular formula is C15H14ClF2NO3. The number of benzene rings is 1. The van der Waals surface area contributed by atoms with Crippen LogP contribution in [0, 0.1) is 17.6 Å². The van der Waals surface area contributed by atoms with E-state index in [1.807, 2.05) is 0 Å². The third-order valence-corrected chi connectivity index (χ3v) is 3.46. The van der Waals surface area contributed by atoms with Crippen LogP contribution in [0.3, 0.4) is 0 Å². The Kier molecular flexibility index (Phi) is 5.24. The highest BCUT2D eigenvalue weighted by atomic mass is 35.5. The number of esters is 1. The van der Waals surface area contributed by atoms with Crippen LogP contribution in [0.2, 0.25) is 5.02 Å². The van der Waals surface area contributed by atoms with E-state index in [-0.39, 0.29) is 12.6 Å². The zero-order valence-electron chi connectivity index (χ0n) is 11.8. The first-order valence-electron chi connectivity index (χ1n) is 6.83. The van der Waals surface area contributed by atoms with Crippen molar-refractivity contribution in [3.8, 4) is 0 Å². The molecule has 0 radical (unpaired) electrons. The largest absolute Gasteiger partial charge is 0.465 e. The van der Waals surface area contributed by atoms with Gasteiger partial charge in [0.05, 0.1) is 12.2 Å². The number of aliphatic imine (C=N–C) groups is 1. The van der Waals surface area contributed by atoms with Crippen molar-refractivity contribution < 1.29 is 23.1 Å². The second-order valence-corrected chi connectivity index (χ2v) is 5.22. The van der Waals surface area contributed by atoms with Crippen molar-refractivity contribution in [2.45, 2.75) is 25.8 Å². The maximum atomic E-state index is 13.9. The number of rotatable bonds is 6. The van der Waals surface area contributed by atoms with Gasteiger partial charge >= 0.3 is 5.97 Å². The van der Waals surface area contributed by atoms with Gasteiger partial charge in [0.2, 0.25) is 0 Å². The molecule has 0 aliphatic heterocycles. The minimum absolute atomic E-state index is 0.0759. The second kappa shape index (κ2) is 6.96. The molecule has 1 fully saturated rings. The summed E-state index contributed by atoms with van der Waals surface area (Å²) < 4.78 is 31.9. The minimum atomic E-state index is -1.36. The van der Waals surface area contributed by atoms with Crippen molar-refractivity contribution >= 4 is 29.6 Å². The van der Waals surface area contributed by atoms with E-state index in [1.54, 1.807) is 6.92 Å². The fourth-order valence-corrected chi connectivity index (χ4v) is 1.95. The Balaban J connectivity index is 2.31. The fourth-order valence-electron chi connectivity index (χ4n) is 1.78. The molecule has 0 aromatic heterocycles. The number of carbonyl (C=O) groups is 2. The Morgan fingerprint density at radius 3 is 2.73 bits per heavy atom. The van der Waals surface area contributed by atoms with Crippen LogP contribution in [-0.2, 0) is 9.53 Å². The Hall–Kier alpha value is -1.82. The molecule has 1 aliphatic carbocycles. The first kappa shape index (κ1) is 16.5. The average Bonchev–Trinajstić information content (AvgIpc) is 3.29. The van der Waals surface area contributed by atoms with E-state index in [9.17, 15) is 18.4 Å². The molecule has 1 saturated carbocycles. The SMILES string of the molecule is CCOC(=O)C(C=NC1CC1)C(=O)c1ccc(F)c(Cl)c1F. The lowest BCUT2D eigenvalue weighted by molar-refractivity contribution is -0.143. The Morgan fingerprint density at radius 1 is 1.45 bits per heavy atom. The summed E-state index contributed by atoms with van der Waals surface area (Å²) in [6, 6.07) is 1.92. The molecule has 1 unspecified atom stereocenters. The third-order valence-electron chi connectivity index (χ3n) is 3.12. The third kappa shape index (κ3) is 3.68. The summed E-state index contributed by atoms with van der Waals surface area (Å²) in [4.78, 5) is 28.3. The van der Waals surface area contributed by atoms with Gasteiger partial charge in [-0.15, -0.1) is 0 Å². The molecule has 1 aromatic rings. The van der Waals surface area contributed by atoms with Crippen LogP contribution in [0.5, 0.6) is 0 Å². The lowest BCUT2D eigenvalue weighted by Gasteiger charge is -2.11. The molecule has 22 heavy (non-hydrogen) atoms. The minimum Gasteiger partial charge on any atom is -0.465 e. The van der Waals surface area contributed by atoms with Crippen molar-refractivity contribution in [1.29, 1.82) is 0 Å². The Morgan fingerprint density at radius 2 is 2.14 bits per heavy atom. The van der Waals surface area contributed by atoms with Crippen molar-refractivity contribution in [3.63, 3.8) is 0 Å². The van der Waals surface area contributed by atoms with Crippen LogP contribution in [0.25, 0.3) is 0 Å². The van der Waals surface area contributed by atoms with E-state index in [0.717, 1.165) is 25.0 Å². The van der Waals surface area contributed by atoms with Crippen LogP contribution in [0.15, 0.2) is 17.1 Å². The van der Waals surface area contributed by atoms with Crippen LogP contribution >= 0.6 is 11.6 Å². The molecule has 0 amide bonds. The van der Waals surface area contributed by atoms with E-state index in [1.165, 1.54) is 6.21 Å². The fraction of sp³-hybridized carbons (Fsp3) is 0.400. The van der Waals surface area contributed by atoms with Crippen molar-refractivity contribution in [3.05, 3.63) is 34.4 Å². The first-order chi connectivity index (χ1) is 10.5. The molecule has 0 spiro atoms. The molecule has 118 valence electrons. The molecular weight excluding hydrogens is 316 g/mol. The number of hydrogen-bond acceptors (Lipinski definition) is 4. The van der Waals surface area contributed by atoms with Gasteiger partial charge in [-0.1, -0.05) is 11.6 Å². The summed E-state index contributed by atoms with van der Waals surface area (Å²) in [7, 11) is 0. The number of nitrogens with zero attached hydrogens (tertiary/aromatic N) is 1. The molecule has 2 rings (SSSR count). The molecule has 1 aromatic carbocycles. The number of ether oxygens (including phenoxy) is 1. The highest BCUT2D eigenvalue weighted by Gasteiger charge is 2.31. The Bertz CT molecular complexity index is 629. The van der Waals surface area contributed by atoms with Gasteiger partial charge in [-0.2, -0.15) is 0 Å². The molecule has 0 heterocycles. The number of Topliss-reactive ketones (excluding diaryl/α,β-unsaturated/α-hetero) is 1. The zero-order chi connectivity index (χ0) is 16.3. The van der Waals surface area contributed by atoms with Gasteiger partial charge < -0.3 is 4.74 Å². The standard InChI is InChI=1S/C15H14ClF2NO3/c1-2-22-15(21)10(7-19-8-3-4-8)14(20)9-5-6-11(17)12(16)13(9)18/h5-8,10H,2-4H2,1H3. The van der Waals surface area contributed by atoms with Gasteiger partial charge in [0.25, 0.3) is 0 Å². The number of ketones is 1. The van der Waals surface area contributed by atoms with Crippen LogP contribution in [0.4, 0.5) is 8.78 Å². The Labute approximate surface area is 131 Å². The topological polar surface area (TPSA) is 55.7 Å². The summed E-state index contributed by atoms with van der Waals surface area (Å²) >= 11 is 5.46. The normalized spacial score (nSPS) is 15.8. The lowest BCUT2D eigenvalue weighted by atomic mass is 9.98. The number of carbonyl (C=O) groups excluding carboxylic acids is 2. The second-order valence-electron chi connectivity index (χ2n) is 4.85. The van der Waals surface area contributed by atoms with E-state index in [4.69, 9.17) is 16.3 Å². The van der Waals surface area contributed by atoms with E-state index >= 15 is 0 Å². The monoisotopic (exact) mass is 329 g/mol. The highest BCUT2D eigenvalue weighted by Crippen LogP contribution is 2.26. The lowest BCUT2D eigenvalue weighted by Crippen LogP contribution is -2.28. The summed E-state index contributed by atoms with van der Waals surface area (Å²) in [5.74, 6) is -5.22. The summed E-state index contributed by atoms with van der Waals surface area (Å²) in [6.07, 6.45) is 2.95. The zero-order valence-corrected chi connectivity index (χ0v) is 12.6. The highest BCUT2D eigenvalue weighted by molar-refractivity contribution is 6.31. The summed E-state index contributed by atoms with van der Waals surface area (Å²) in [6.45, 7) is 1.67. The summed E-state index contributed by atoms with van der Waals surface area (Å²) in [5.41, 5.74) is -0.466. The van der Waals surface area contributed by atoms with Crippen molar-refractivity contribution in [2.24, 2.45) is 10.9 Å². The van der Waals surface area contributed by atoms with Gasteiger partial charge in [-0.05, 0) is 31.9 Å². The number of halogens is 3. The average molecular weight is 330 g/mol. The van der Waals surface area contributed by atoms with Crippen LogP contribution < -0.4 is 0 Å². The van der Waals surface area contributed by atoms with Gasteiger partial charge in [0.15, 0.2) is 17.5 Å². The molecule has 7 heteroatoms. The van der Waals surface area contributed by atoms with E-state index in [0.29, 0.717) is 0 Å². The van der Waals surface area contributed by atoms with Gasteiger partial charge in [0.1, 0.15) is 10.8 Å². The number of hydrogen-bond donors (Lipinski definition) is 0. The van der Waals surface area contributed by atoms with Gasteiger partial charge in [-0.3, -0.25) is 14.6 Å². The maximum Gasteiger partial charge on any atom is 0.322 e. The quantitative estimate of drug-likeness (QED) is 0.265. The van der Waals surface area contributed by atoms with E-state index in [2.05, 4.69) is 4.99 Å². The smallest absolute Gasteiger partial charge is 0.322 e. The van der Waals surface area contributed by atoms with Crippen LogP contribution in [-0.4, -0.2) is 30.6 Å². The predicted molar refractivity (Wildman–Crippen MR) is 77.3 cm³/mol. The molecule has 0 saturated heterocycles. The van der Waals surface area contributed by atoms with Crippen molar-refractivity contribution in [1.82, 2.24) is 0 Å². The molecule has 4 nitrogen and oxygen atoms in total. The molecule has 1 aliphatic rings. The predicted octanol–water partition coefficient (Wildman–Crippen LogP) is 3.21. The maximum absolute atomic E-state index is 13.9. The van der Waals surface area contributed by atoms with Gasteiger partial charge in [-0.25, -0.2) is 8.78 Å². The first-order valence-corrected chi connectivity index (χ1v) is 7.21. The van der Waals surface area contributed by atoms with Crippen LogP contribution in [0.1, 0.15) is 30.1 Å². The summed E-state index contributed by atoms with van der Waals surface area (Å²) in [5, 5.41) is -0.785.